The summed E-state index contributed by atoms with van der Waals surface area (Å²) in [6.45, 7) is 19.8. The monoisotopic (exact) mass is 412 g/mol. The van der Waals surface area contributed by atoms with Crippen LogP contribution < -0.4 is 0 Å². The Bertz CT molecular complexity index is 470. The van der Waals surface area contributed by atoms with E-state index in [0.29, 0.717) is 6.61 Å². The van der Waals surface area contributed by atoms with Gasteiger partial charge in [0.05, 0.1) is 12.7 Å². The topological polar surface area (TPSA) is 27.7 Å². The molecule has 2 atom stereocenters. The van der Waals surface area contributed by atoms with Crippen molar-refractivity contribution >= 4 is 16.4 Å². The van der Waals surface area contributed by atoms with Gasteiger partial charge in [0.15, 0.2) is 14.6 Å². The first-order chi connectivity index (χ1) is 12.6. The van der Waals surface area contributed by atoms with E-state index in [1.54, 1.807) is 0 Å². The van der Waals surface area contributed by atoms with Gasteiger partial charge in [-0.1, -0.05) is 41.5 Å². The van der Waals surface area contributed by atoms with Crippen LogP contribution in [0, 0.1) is 11.5 Å². The molecule has 1 heterocycles. The molecule has 1 rings (SSSR count). The lowest BCUT2D eigenvalue weighted by atomic mass is 10.2. The number of hydrogen-bond acceptors (Lipinski definition) is 3. The van der Waals surface area contributed by atoms with Crippen LogP contribution in [0.4, 0.5) is 0 Å². The Kier molecular flexibility index (Phi) is 10.3. The predicted molar refractivity (Wildman–Crippen MR) is 121 cm³/mol. The molecule has 0 spiro atoms. The van der Waals surface area contributed by atoms with Crippen molar-refractivity contribution in [3.05, 3.63) is 0 Å². The van der Waals surface area contributed by atoms with Gasteiger partial charge < -0.3 is 13.9 Å². The van der Waals surface area contributed by atoms with E-state index in [2.05, 4.69) is 66.1 Å². The van der Waals surface area contributed by atoms with Crippen LogP contribution in [0.5, 0.6) is 0 Å². The van der Waals surface area contributed by atoms with Crippen molar-refractivity contribution in [1.29, 1.82) is 0 Å². The Morgan fingerprint density at radius 1 is 1.07 bits per heavy atom. The molecule has 0 N–H and O–H groups in total. The van der Waals surface area contributed by atoms with Crippen LogP contribution in [0.3, 0.4) is 0 Å². The fourth-order valence-electron chi connectivity index (χ4n) is 3.15. The summed E-state index contributed by atoms with van der Waals surface area (Å²) in [5.41, 5.74) is 3.71. The van der Waals surface area contributed by atoms with E-state index < -0.39 is 16.4 Å². The van der Waals surface area contributed by atoms with Crippen molar-refractivity contribution in [2.45, 2.75) is 116 Å². The number of ether oxygens (including phenoxy) is 2. The Labute approximate surface area is 171 Å². The van der Waals surface area contributed by atoms with Crippen molar-refractivity contribution in [1.82, 2.24) is 0 Å². The van der Waals surface area contributed by atoms with E-state index in [4.69, 9.17) is 13.9 Å². The maximum atomic E-state index is 6.68. The standard InChI is InChI=1S/C22H44O3Si2/c1-9-27(10-2,11-3)18-14-15-20(25-26(7,8)22(4,5)6)19-24-21-16-12-13-17-23-21/h20-21H,9-13,15-17,19H2,1-8H3/t20-,21?/m0/s1. The lowest BCUT2D eigenvalue weighted by molar-refractivity contribution is -0.173. The molecule has 0 radical (unpaired) electrons. The first-order valence-electron chi connectivity index (χ1n) is 11.0. The van der Waals surface area contributed by atoms with Crippen molar-refractivity contribution < 1.29 is 13.9 Å². The highest BCUT2D eigenvalue weighted by Gasteiger charge is 2.39. The molecule has 0 aromatic carbocycles. The molecule has 3 nitrogen and oxygen atoms in total. The minimum Gasteiger partial charge on any atom is -0.411 e. The quantitative estimate of drug-likeness (QED) is 0.326. The second kappa shape index (κ2) is 11.2. The van der Waals surface area contributed by atoms with Gasteiger partial charge in [0, 0.05) is 13.0 Å². The predicted octanol–water partition coefficient (Wildman–Crippen LogP) is 6.36. The second-order valence-electron chi connectivity index (χ2n) is 9.48. The van der Waals surface area contributed by atoms with E-state index in [9.17, 15) is 0 Å². The van der Waals surface area contributed by atoms with E-state index in [0.717, 1.165) is 25.9 Å². The Morgan fingerprint density at radius 2 is 1.70 bits per heavy atom. The molecule has 27 heavy (non-hydrogen) atoms. The molecule has 1 aliphatic heterocycles. The smallest absolute Gasteiger partial charge is 0.192 e. The van der Waals surface area contributed by atoms with Crippen LogP contribution in [0.25, 0.3) is 0 Å². The van der Waals surface area contributed by atoms with Gasteiger partial charge in [-0.05, 0) is 55.5 Å². The van der Waals surface area contributed by atoms with Crippen molar-refractivity contribution in [3.8, 4) is 11.5 Å². The summed E-state index contributed by atoms with van der Waals surface area (Å²) in [4.78, 5) is 0. The van der Waals surface area contributed by atoms with Crippen LogP contribution in [0.15, 0.2) is 0 Å². The van der Waals surface area contributed by atoms with Gasteiger partial charge in [0.25, 0.3) is 0 Å². The van der Waals surface area contributed by atoms with Crippen LogP contribution in [0.1, 0.15) is 67.2 Å². The third kappa shape index (κ3) is 8.02. The highest BCUT2D eigenvalue weighted by atomic mass is 28.4. The van der Waals surface area contributed by atoms with Gasteiger partial charge in [-0.2, -0.15) is 0 Å². The van der Waals surface area contributed by atoms with E-state index in [1.165, 1.54) is 24.6 Å². The molecule has 5 heteroatoms. The zero-order valence-corrected chi connectivity index (χ0v) is 21.2. The van der Waals surface area contributed by atoms with Crippen LogP contribution in [-0.4, -0.2) is 42.0 Å². The minimum absolute atomic E-state index is 0.0428. The van der Waals surface area contributed by atoms with Gasteiger partial charge in [0.1, 0.15) is 8.07 Å². The molecule has 0 amide bonds. The molecule has 0 aromatic heterocycles. The molecule has 158 valence electrons. The lowest BCUT2D eigenvalue weighted by Crippen LogP contribution is -2.45. The maximum absolute atomic E-state index is 6.68. The van der Waals surface area contributed by atoms with Gasteiger partial charge in [-0.15, -0.1) is 11.5 Å². The van der Waals surface area contributed by atoms with Gasteiger partial charge in [0.2, 0.25) is 0 Å². The molecular formula is C22H44O3Si2. The zero-order chi connectivity index (χ0) is 20.6. The number of hydrogen-bond donors (Lipinski definition) is 0. The minimum atomic E-state index is -1.85. The largest absolute Gasteiger partial charge is 0.411 e. The zero-order valence-electron chi connectivity index (χ0n) is 19.2. The lowest BCUT2D eigenvalue weighted by Gasteiger charge is -2.39. The van der Waals surface area contributed by atoms with Crippen LogP contribution in [0.2, 0.25) is 36.3 Å². The van der Waals surface area contributed by atoms with Gasteiger partial charge >= 0.3 is 0 Å². The fourth-order valence-corrected chi connectivity index (χ4v) is 7.00. The first-order valence-corrected chi connectivity index (χ1v) is 16.5. The highest BCUT2D eigenvalue weighted by Crippen LogP contribution is 2.37. The SMILES string of the molecule is CC[Si](C#CC[C@@H](COC1CCCCO1)O[Si](C)(C)C(C)(C)C)(CC)CC. The Hall–Kier alpha value is -0.126. The van der Waals surface area contributed by atoms with Crippen LogP contribution in [-0.2, 0) is 13.9 Å². The molecule has 0 aliphatic carbocycles. The van der Waals surface area contributed by atoms with Gasteiger partial charge in [-0.25, -0.2) is 0 Å². The third-order valence-electron chi connectivity index (χ3n) is 6.59. The summed E-state index contributed by atoms with van der Waals surface area (Å²) in [6.07, 6.45) is 4.08. The summed E-state index contributed by atoms with van der Waals surface area (Å²) in [6, 6.07) is 3.73. The van der Waals surface area contributed by atoms with E-state index in [1.807, 2.05) is 0 Å². The van der Waals surface area contributed by atoms with E-state index >= 15 is 0 Å². The highest BCUT2D eigenvalue weighted by molar-refractivity contribution is 6.87. The maximum Gasteiger partial charge on any atom is 0.192 e. The Balaban J connectivity index is 2.80. The second-order valence-corrected chi connectivity index (χ2v) is 19.2. The first kappa shape index (κ1) is 24.9. The van der Waals surface area contributed by atoms with Crippen LogP contribution >= 0.6 is 0 Å². The van der Waals surface area contributed by atoms with Crippen molar-refractivity contribution in [2.24, 2.45) is 0 Å². The fraction of sp³-hybridized carbons (Fsp3) is 0.909. The van der Waals surface area contributed by atoms with Gasteiger partial charge in [-0.3, -0.25) is 0 Å². The normalized spacial score (nSPS) is 20.1. The molecule has 1 unspecified atom stereocenters. The average molecular weight is 413 g/mol. The summed E-state index contributed by atoms with van der Waals surface area (Å²) >= 11 is 0. The third-order valence-corrected chi connectivity index (χ3v) is 15.9. The number of rotatable bonds is 9. The Morgan fingerprint density at radius 3 is 2.19 bits per heavy atom. The molecule has 1 fully saturated rings. The molecule has 1 saturated heterocycles. The summed E-state index contributed by atoms with van der Waals surface area (Å²) in [7, 11) is -3.26. The molecular weight excluding hydrogens is 368 g/mol. The van der Waals surface area contributed by atoms with Crippen molar-refractivity contribution in [3.63, 3.8) is 0 Å². The average Bonchev–Trinajstić information content (AvgIpc) is 2.63. The van der Waals surface area contributed by atoms with E-state index in [-0.39, 0.29) is 17.4 Å². The summed E-state index contributed by atoms with van der Waals surface area (Å²) in [5.74, 6) is 3.53. The van der Waals surface area contributed by atoms with Crippen molar-refractivity contribution in [2.75, 3.05) is 13.2 Å². The molecule has 0 aromatic rings. The molecule has 0 bridgehead atoms. The summed E-state index contributed by atoms with van der Waals surface area (Å²) in [5, 5.41) is 0.189. The summed E-state index contributed by atoms with van der Waals surface area (Å²) < 4.78 is 18.5. The molecule has 0 saturated carbocycles. The molecule has 1 aliphatic rings.